The topological polar surface area (TPSA) is 26.3 Å². The molecule has 0 aliphatic rings. The van der Waals surface area contributed by atoms with Crippen LogP contribution < -0.4 is 0 Å². The van der Waals surface area contributed by atoms with Crippen LogP contribution >= 0.6 is 23.2 Å². The standard InChI is InChI=1S/C11H17Cl2FO2/c1-4-16-11(15)8(6-10(12)13)9(14)5-7(2)3/h6-9H,4-5H2,1-3H3/t8-,9+/m0/s1. The van der Waals surface area contributed by atoms with Crippen LogP contribution in [0.2, 0.25) is 0 Å². The predicted molar refractivity (Wildman–Crippen MR) is 64.3 cm³/mol. The van der Waals surface area contributed by atoms with Gasteiger partial charge >= 0.3 is 5.97 Å². The smallest absolute Gasteiger partial charge is 0.315 e. The lowest BCUT2D eigenvalue weighted by atomic mass is 9.96. The molecule has 2 atom stereocenters. The van der Waals surface area contributed by atoms with Crippen molar-refractivity contribution in [3.63, 3.8) is 0 Å². The predicted octanol–water partition coefficient (Wildman–Crippen LogP) is 3.87. The molecule has 0 saturated heterocycles. The van der Waals surface area contributed by atoms with Crippen molar-refractivity contribution >= 4 is 29.2 Å². The van der Waals surface area contributed by atoms with E-state index in [-0.39, 0.29) is 23.4 Å². The number of halogens is 3. The Morgan fingerprint density at radius 1 is 1.44 bits per heavy atom. The van der Waals surface area contributed by atoms with Crippen LogP contribution in [0.15, 0.2) is 10.6 Å². The molecule has 94 valence electrons. The average molecular weight is 271 g/mol. The van der Waals surface area contributed by atoms with Gasteiger partial charge in [0, 0.05) is 0 Å². The molecule has 0 amide bonds. The molecule has 0 spiro atoms. The summed E-state index contributed by atoms with van der Waals surface area (Å²) in [6.07, 6.45) is 0.126. The van der Waals surface area contributed by atoms with Crippen molar-refractivity contribution in [1.29, 1.82) is 0 Å². The average Bonchev–Trinajstić information content (AvgIpc) is 2.12. The summed E-state index contributed by atoms with van der Waals surface area (Å²) in [6.45, 7) is 5.62. The molecule has 0 unspecified atom stereocenters. The SMILES string of the molecule is CCOC(=O)[C@@H](C=C(Cl)Cl)[C@H](F)CC(C)C. The summed E-state index contributed by atoms with van der Waals surface area (Å²) in [5.41, 5.74) is 0. The molecule has 5 heteroatoms. The van der Waals surface area contributed by atoms with E-state index in [0.717, 1.165) is 0 Å². The Morgan fingerprint density at radius 2 is 2.00 bits per heavy atom. The third kappa shape index (κ3) is 6.33. The maximum atomic E-state index is 13.8. The highest BCUT2D eigenvalue weighted by atomic mass is 35.5. The van der Waals surface area contributed by atoms with Crippen molar-refractivity contribution < 1.29 is 13.9 Å². The molecular formula is C11H17Cl2FO2. The molecule has 16 heavy (non-hydrogen) atoms. The summed E-state index contributed by atoms with van der Waals surface area (Å²) >= 11 is 10.9. The van der Waals surface area contributed by atoms with Gasteiger partial charge in [0.25, 0.3) is 0 Å². The second-order valence-electron chi connectivity index (χ2n) is 3.88. The summed E-state index contributed by atoms with van der Waals surface area (Å²) in [5, 5.41) is 0. The highest BCUT2D eigenvalue weighted by Gasteiger charge is 2.28. The molecule has 2 nitrogen and oxygen atoms in total. The normalized spacial score (nSPS) is 14.4. The van der Waals surface area contributed by atoms with Crippen LogP contribution in [0, 0.1) is 11.8 Å². The number of alkyl halides is 1. The number of ether oxygens (including phenoxy) is 1. The van der Waals surface area contributed by atoms with Gasteiger partial charge in [0.1, 0.15) is 16.6 Å². The van der Waals surface area contributed by atoms with Gasteiger partial charge in [0.05, 0.1) is 6.61 Å². The number of esters is 1. The van der Waals surface area contributed by atoms with E-state index in [9.17, 15) is 9.18 Å². The van der Waals surface area contributed by atoms with Crippen molar-refractivity contribution in [3.05, 3.63) is 10.6 Å². The van der Waals surface area contributed by atoms with Crippen molar-refractivity contribution in [2.24, 2.45) is 11.8 Å². The zero-order chi connectivity index (χ0) is 12.7. The molecule has 0 bridgehead atoms. The number of hydrogen-bond donors (Lipinski definition) is 0. The van der Waals surface area contributed by atoms with Gasteiger partial charge in [-0.05, 0) is 25.3 Å². The molecule has 0 N–H and O–H groups in total. The second-order valence-corrected chi connectivity index (χ2v) is 4.89. The first-order valence-electron chi connectivity index (χ1n) is 5.22. The minimum Gasteiger partial charge on any atom is -0.465 e. The van der Waals surface area contributed by atoms with Gasteiger partial charge in [-0.1, -0.05) is 37.0 Å². The summed E-state index contributed by atoms with van der Waals surface area (Å²) in [6, 6.07) is 0. The zero-order valence-corrected chi connectivity index (χ0v) is 11.2. The zero-order valence-electron chi connectivity index (χ0n) is 9.67. The molecule has 0 aromatic carbocycles. The maximum Gasteiger partial charge on any atom is 0.315 e. The van der Waals surface area contributed by atoms with Gasteiger partial charge in [-0.3, -0.25) is 4.79 Å². The highest BCUT2D eigenvalue weighted by molar-refractivity contribution is 6.55. The Morgan fingerprint density at radius 3 is 2.38 bits per heavy atom. The summed E-state index contributed by atoms with van der Waals surface area (Å²) in [4.78, 5) is 11.5. The van der Waals surface area contributed by atoms with Crippen LogP contribution in [-0.2, 0) is 9.53 Å². The third-order valence-corrected chi connectivity index (χ3v) is 2.20. The summed E-state index contributed by atoms with van der Waals surface area (Å²) in [5.74, 6) is -1.50. The van der Waals surface area contributed by atoms with Gasteiger partial charge in [-0.25, -0.2) is 4.39 Å². The van der Waals surface area contributed by atoms with Crippen LogP contribution in [0.3, 0.4) is 0 Å². The largest absolute Gasteiger partial charge is 0.465 e. The van der Waals surface area contributed by atoms with Crippen molar-refractivity contribution in [3.8, 4) is 0 Å². The number of rotatable bonds is 6. The first-order chi connectivity index (χ1) is 7.38. The van der Waals surface area contributed by atoms with Crippen LogP contribution in [0.25, 0.3) is 0 Å². The fourth-order valence-electron chi connectivity index (χ4n) is 1.29. The Hall–Kier alpha value is -0.280. The van der Waals surface area contributed by atoms with Gasteiger partial charge in [-0.15, -0.1) is 0 Å². The fraction of sp³-hybridized carbons (Fsp3) is 0.727. The lowest BCUT2D eigenvalue weighted by Gasteiger charge is -2.17. The van der Waals surface area contributed by atoms with E-state index in [4.69, 9.17) is 27.9 Å². The molecule has 0 fully saturated rings. The molecule has 0 saturated carbocycles. The molecule has 0 aliphatic carbocycles. The van der Waals surface area contributed by atoms with Gasteiger partial charge < -0.3 is 4.74 Å². The number of hydrogen-bond acceptors (Lipinski definition) is 2. The van der Waals surface area contributed by atoms with E-state index < -0.39 is 18.1 Å². The van der Waals surface area contributed by atoms with Gasteiger partial charge in [0.2, 0.25) is 0 Å². The van der Waals surface area contributed by atoms with E-state index in [2.05, 4.69) is 0 Å². The molecule has 0 aliphatic heterocycles. The van der Waals surface area contributed by atoms with E-state index in [1.54, 1.807) is 6.92 Å². The number of carbonyl (C=O) groups is 1. The summed E-state index contributed by atoms with van der Waals surface area (Å²) < 4.78 is 18.4. The monoisotopic (exact) mass is 270 g/mol. The van der Waals surface area contributed by atoms with Crippen LogP contribution in [0.4, 0.5) is 4.39 Å². The Bertz CT molecular complexity index is 250. The molecule has 0 heterocycles. The Labute approximate surface area is 106 Å². The molecular weight excluding hydrogens is 254 g/mol. The molecule has 0 rings (SSSR count). The Kier molecular flexibility index (Phi) is 7.77. The minimum atomic E-state index is -1.33. The molecule has 0 aromatic rings. The number of carbonyl (C=O) groups excluding carboxylic acids is 1. The van der Waals surface area contributed by atoms with E-state index in [1.165, 1.54) is 6.08 Å². The first kappa shape index (κ1) is 15.7. The van der Waals surface area contributed by atoms with Crippen molar-refractivity contribution in [2.75, 3.05) is 6.61 Å². The lowest BCUT2D eigenvalue weighted by Crippen LogP contribution is -2.26. The maximum absolute atomic E-state index is 13.8. The third-order valence-electron chi connectivity index (χ3n) is 1.95. The highest BCUT2D eigenvalue weighted by Crippen LogP contribution is 2.23. The van der Waals surface area contributed by atoms with Gasteiger partial charge in [-0.2, -0.15) is 0 Å². The fourth-order valence-corrected chi connectivity index (χ4v) is 1.56. The molecule has 0 radical (unpaired) electrons. The minimum absolute atomic E-state index is 0.121. The molecule has 0 aromatic heterocycles. The first-order valence-corrected chi connectivity index (χ1v) is 5.97. The lowest BCUT2D eigenvalue weighted by molar-refractivity contribution is -0.148. The van der Waals surface area contributed by atoms with Crippen LogP contribution in [-0.4, -0.2) is 18.7 Å². The van der Waals surface area contributed by atoms with E-state index >= 15 is 0 Å². The van der Waals surface area contributed by atoms with Crippen LogP contribution in [0.5, 0.6) is 0 Å². The van der Waals surface area contributed by atoms with Crippen molar-refractivity contribution in [2.45, 2.75) is 33.4 Å². The Balaban J connectivity index is 4.66. The quantitative estimate of drug-likeness (QED) is 0.685. The van der Waals surface area contributed by atoms with Gasteiger partial charge in [0.15, 0.2) is 0 Å². The van der Waals surface area contributed by atoms with Crippen molar-refractivity contribution in [1.82, 2.24) is 0 Å². The summed E-state index contributed by atoms with van der Waals surface area (Å²) in [7, 11) is 0. The van der Waals surface area contributed by atoms with E-state index in [0.29, 0.717) is 0 Å². The van der Waals surface area contributed by atoms with Crippen LogP contribution in [0.1, 0.15) is 27.2 Å². The second kappa shape index (κ2) is 7.91. The van der Waals surface area contributed by atoms with E-state index in [1.807, 2.05) is 13.8 Å².